The zero-order valence-corrected chi connectivity index (χ0v) is 15.4. The third-order valence-corrected chi connectivity index (χ3v) is 3.29. The number of amides is 2. The molecule has 0 aliphatic heterocycles. The van der Waals surface area contributed by atoms with Crippen molar-refractivity contribution in [3.8, 4) is 5.75 Å². The average molecular weight is 370 g/mol. The standard InChI is InChI=1S/C20H22N2O5/c1-13(2)27-18-10-4-15(5-11-18)20(25)26-12-19(24)22-17-8-6-16(7-9-17)21-14(3)23/h4-11,13H,12H2,1-3H3,(H,21,23)(H,22,24). The SMILES string of the molecule is CC(=O)Nc1ccc(NC(=O)COC(=O)c2ccc(OC(C)C)cc2)cc1. The predicted molar refractivity (Wildman–Crippen MR) is 102 cm³/mol. The summed E-state index contributed by atoms with van der Waals surface area (Å²) in [6, 6.07) is 13.1. The van der Waals surface area contributed by atoms with Crippen LogP contribution in [0.4, 0.5) is 11.4 Å². The Morgan fingerprint density at radius 2 is 1.44 bits per heavy atom. The van der Waals surface area contributed by atoms with Crippen LogP contribution in [0.5, 0.6) is 5.75 Å². The Kier molecular flexibility index (Phi) is 6.93. The smallest absolute Gasteiger partial charge is 0.338 e. The van der Waals surface area contributed by atoms with Crippen LogP contribution in [0.15, 0.2) is 48.5 Å². The molecule has 0 bridgehead atoms. The van der Waals surface area contributed by atoms with Gasteiger partial charge in [0.25, 0.3) is 5.91 Å². The topological polar surface area (TPSA) is 93.7 Å². The van der Waals surface area contributed by atoms with Crippen LogP contribution in [0.1, 0.15) is 31.1 Å². The fraction of sp³-hybridized carbons (Fsp3) is 0.250. The van der Waals surface area contributed by atoms with Gasteiger partial charge in [-0.25, -0.2) is 4.79 Å². The Balaban J connectivity index is 1.82. The van der Waals surface area contributed by atoms with Crippen molar-refractivity contribution in [2.24, 2.45) is 0 Å². The van der Waals surface area contributed by atoms with Gasteiger partial charge in [0.2, 0.25) is 5.91 Å². The Labute approximate surface area is 157 Å². The summed E-state index contributed by atoms with van der Waals surface area (Å²) in [5.41, 5.74) is 1.48. The number of carbonyl (C=O) groups is 3. The molecule has 2 aromatic rings. The first-order chi connectivity index (χ1) is 12.8. The van der Waals surface area contributed by atoms with Gasteiger partial charge in [0, 0.05) is 18.3 Å². The van der Waals surface area contributed by atoms with Gasteiger partial charge in [0.05, 0.1) is 11.7 Å². The number of benzene rings is 2. The number of nitrogens with one attached hydrogen (secondary N) is 2. The van der Waals surface area contributed by atoms with Crippen LogP contribution in [0.3, 0.4) is 0 Å². The highest BCUT2D eigenvalue weighted by Crippen LogP contribution is 2.15. The fourth-order valence-corrected chi connectivity index (χ4v) is 2.19. The van der Waals surface area contributed by atoms with Crippen molar-refractivity contribution in [1.29, 1.82) is 0 Å². The van der Waals surface area contributed by atoms with Crippen LogP contribution in [-0.2, 0) is 14.3 Å². The maximum atomic E-state index is 12.0. The van der Waals surface area contributed by atoms with Gasteiger partial charge in [0.1, 0.15) is 5.75 Å². The van der Waals surface area contributed by atoms with E-state index < -0.39 is 18.5 Å². The molecule has 2 N–H and O–H groups in total. The largest absolute Gasteiger partial charge is 0.491 e. The van der Waals surface area contributed by atoms with Crippen molar-refractivity contribution in [3.63, 3.8) is 0 Å². The second-order valence-electron chi connectivity index (χ2n) is 6.07. The monoisotopic (exact) mass is 370 g/mol. The summed E-state index contributed by atoms with van der Waals surface area (Å²) < 4.78 is 10.5. The Hall–Kier alpha value is -3.35. The number of rotatable bonds is 7. The second-order valence-corrected chi connectivity index (χ2v) is 6.07. The van der Waals surface area contributed by atoms with Gasteiger partial charge >= 0.3 is 5.97 Å². The van der Waals surface area contributed by atoms with Gasteiger partial charge in [-0.3, -0.25) is 9.59 Å². The second kappa shape index (κ2) is 9.38. The van der Waals surface area contributed by atoms with Gasteiger partial charge in [-0.1, -0.05) is 0 Å². The first-order valence-electron chi connectivity index (χ1n) is 8.45. The molecule has 27 heavy (non-hydrogen) atoms. The molecule has 0 spiro atoms. The van der Waals surface area contributed by atoms with E-state index in [9.17, 15) is 14.4 Å². The molecule has 2 rings (SSSR count). The van der Waals surface area contributed by atoms with Gasteiger partial charge in [-0.2, -0.15) is 0 Å². The summed E-state index contributed by atoms with van der Waals surface area (Å²) in [4.78, 5) is 34.9. The molecule has 0 fully saturated rings. The van der Waals surface area contributed by atoms with E-state index in [2.05, 4.69) is 10.6 Å². The van der Waals surface area contributed by atoms with Crippen molar-refractivity contribution >= 4 is 29.2 Å². The highest BCUT2D eigenvalue weighted by Gasteiger charge is 2.11. The van der Waals surface area contributed by atoms with E-state index in [0.29, 0.717) is 22.7 Å². The minimum atomic E-state index is -0.595. The van der Waals surface area contributed by atoms with Crippen LogP contribution < -0.4 is 15.4 Å². The molecule has 0 aromatic heterocycles. The number of hydrogen-bond acceptors (Lipinski definition) is 5. The van der Waals surface area contributed by atoms with E-state index in [4.69, 9.17) is 9.47 Å². The number of hydrogen-bond donors (Lipinski definition) is 2. The maximum Gasteiger partial charge on any atom is 0.338 e. The van der Waals surface area contributed by atoms with Crippen molar-refractivity contribution in [2.75, 3.05) is 17.2 Å². The van der Waals surface area contributed by atoms with Crippen molar-refractivity contribution < 1.29 is 23.9 Å². The normalized spacial score (nSPS) is 10.2. The average Bonchev–Trinajstić information content (AvgIpc) is 2.61. The lowest BCUT2D eigenvalue weighted by atomic mass is 10.2. The lowest BCUT2D eigenvalue weighted by molar-refractivity contribution is -0.119. The molecule has 7 nitrogen and oxygen atoms in total. The van der Waals surface area contributed by atoms with Crippen molar-refractivity contribution in [2.45, 2.75) is 26.9 Å². The molecule has 0 atom stereocenters. The first-order valence-corrected chi connectivity index (χ1v) is 8.45. The molecule has 2 amide bonds. The highest BCUT2D eigenvalue weighted by atomic mass is 16.5. The predicted octanol–water partition coefficient (Wildman–Crippen LogP) is 3.23. The van der Waals surface area contributed by atoms with Crippen LogP contribution in [0.25, 0.3) is 0 Å². The highest BCUT2D eigenvalue weighted by molar-refractivity contribution is 5.96. The van der Waals surface area contributed by atoms with E-state index in [-0.39, 0.29) is 12.0 Å². The molecule has 0 saturated carbocycles. The minimum absolute atomic E-state index is 0.0406. The quantitative estimate of drug-likeness (QED) is 0.730. The number of esters is 1. The molecule has 0 unspecified atom stereocenters. The molecule has 2 aromatic carbocycles. The van der Waals surface area contributed by atoms with Gasteiger partial charge in [-0.05, 0) is 62.4 Å². The summed E-state index contributed by atoms with van der Waals surface area (Å²) >= 11 is 0. The van der Waals surface area contributed by atoms with Crippen LogP contribution in [0, 0.1) is 0 Å². The van der Waals surface area contributed by atoms with Crippen molar-refractivity contribution in [3.05, 3.63) is 54.1 Å². The van der Waals surface area contributed by atoms with E-state index in [1.54, 1.807) is 48.5 Å². The molecule has 7 heteroatoms. The fourth-order valence-electron chi connectivity index (χ4n) is 2.19. The summed E-state index contributed by atoms with van der Waals surface area (Å²) in [6.07, 6.45) is 0.0406. The lowest BCUT2D eigenvalue weighted by Crippen LogP contribution is -2.21. The summed E-state index contributed by atoms with van der Waals surface area (Å²) in [7, 11) is 0. The number of carbonyl (C=O) groups excluding carboxylic acids is 3. The Morgan fingerprint density at radius 1 is 0.889 bits per heavy atom. The van der Waals surface area contributed by atoms with Crippen LogP contribution in [0.2, 0.25) is 0 Å². The summed E-state index contributed by atoms with van der Waals surface area (Å²) in [5.74, 6) is -0.581. The number of anilines is 2. The number of ether oxygens (including phenoxy) is 2. The summed E-state index contributed by atoms with van der Waals surface area (Å²) in [6.45, 7) is 4.83. The van der Waals surface area contributed by atoms with Crippen molar-refractivity contribution in [1.82, 2.24) is 0 Å². The van der Waals surface area contributed by atoms with E-state index in [1.165, 1.54) is 6.92 Å². The molecule has 0 heterocycles. The zero-order chi connectivity index (χ0) is 19.8. The minimum Gasteiger partial charge on any atom is -0.491 e. The summed E-state index contributed by atoms with van der Waals surface area (Å²) in [5, 5.41) is 5.24. The third kappa shape index (κ3) is 6.81. The third-order valence-electron chi connectivity index (χ3n) is 3.29. The molecular weight excluding hydrogens is 348 g/mol. The maximum absolute atomic E-state index is 12.0. The molecule has 0 aliphatic carbocycles. The molecule has 0 radical (unpaired) electrons. The van der Waals surface area contributed by atoms with Crippen LogP contribution >= 0.6 is 0 Å². The molecular formula is C20H22N2O5. The lowest BCUT2D eigenvalue weighted by Gasteiger charge is -2.10. The van der Waals surface area contributed by atoms with Gasteiger partial charge < -0.3 is 20.1 Å². The van der Waals surface area contributed by atoms with Crippen LogP contribution in [-0.4, -0.2) is 30.5 Å². The Morgan fingerprint density at radius 3 is 1.96 bits per heavy atom. The Bertz CT molecular complexity index is 798. The first kappa shape index (κ1) is 20.0. The molecule has 142 valence electrons. The zero-order valence-electron chi connectivity index (χ0n) is 15.4. The molecule has 0 aliphatic rings. The van der Waals surface area contributed by atoms with Gasteiger partial charge in [-0.15, -0.1) is 0 Å². The van der Waals surface area contributed by atoms with E-state index in [1.807, 2.05) is 13.8 Å². The molecule has 0 saturated heterocycles. The van der Waals surface area contributed by atoms with E-state index >= 15 is 0 Å². The van der Waals surface area contributed by atoms with E-state index in [0.717, 1.165) is 0 Å². The van der Waals surface area contributed by atoms with Gasteiger partial charge in [0.15, 0.2) is 6.61 Å².